The van der Waals surface area contributed by atoms with E-state index < -0.39 is 0 Å². The number of ether oxygens (including phenoxy) is 1. The lowest BCUT2D eigenvalue weighted by atomic mass is 10.0. The van der Waals surface area contributed by atoms with Crippen LogP contribution in [-0.2, 0) is 0 Å². The van der Waals surface area contributed by atoms with E-state index in [0.29, 0.717) is 0 Å². The number of pyridine rings is 1. The number of rotatable bonds is 4. The van der Waals surface area contributed by atoms with Gasteiger partial charge in [-0.3, -0.25) is 4.98 Å². The fourth-order valence-electron chi connectivity index (χ4n) is 2.33. The van der Waals surface area contributed by atoms with Gasteiger partial charge in [-0.1, -0.05) is 12.1 Å². The van der Waals surface area contributed by atoms with Crippen molar-refractivity contribution in [1.29, 1.82) is 0 Å². The first kappa shape index (κ1) is 14.4. The molecule has 20 heavy (non-hydrogen) atoms. The molecule has 0 radical (unpaired) electrons. The molecule has 2 rings (SSSR count). The third-order valence-corrected chi connectivity index (χ3v) is 3.45. The van der Waals surface area contributed by atoms with Gasteiger partial charge in [0.2, 0.25) is 0 Å². The average Bonchev–Trinajstić information content (AvgIpc) is 2.41. The number of aryl methyl sites for hydroxylation is 3. The van der Waals surface area contributed by atoms with Gasteiger partial charge in [0.25, 0.3) is 0 Å². The lowest BCUT2D eigenvalue weighted by molar-refractivity contribution is 0.407. The molecule has 0 bridgehead atoms. The van der Waals surface area contributed by atoms with E-state index in [-0.39, 0.29) is 6.04 Å². The number of nitrogens with one attached hydrogen (secondary N) is 1. The van der Waals surface area contributed by atoms with Crippen LogP contribution in [0.1, 0.15) is 35.5 Å². The third-order valence-electron chi connectivity index (χ3n) is 3.45. The molecule has 0 saturated heterocycles. The summed E-state index contributed by atoms with van der Waals surface area (Å²) in [4.78, 5) is 4.48. The van der Waals surface area contributed by atoms with Gasteiger partial charge in [-0.2, -0.15) is 0 Å². The van der Waals surface area contributed by atoms with Crippen LogP contribution in [0, 0.1) is 20.8 Å². The van der Waals surface area contributed by atoms with Crippen molar-refractivity contribution in [1.82, 2.24) is 4.98 Å². The number of benzene rings is 1. The van der Waals surface area contributed by atoms with Crippen molar-refractivity contribution < 1.29 is 4.74 Å². The van der Waals surface area contributed by atoms with Crippen molar-refractivity contribution in [3.8, 4) is 5.75 Å². The molecule has 0 fully saturated rings. The lowest BCUT2D eigenvalue weighted by Gasteiger charge is -2.20. The molecule has 0 aliphatic heterocycles. The van der Waals surface area contributed by atoms with Crippen LogP contribution in [0.2, 0.25) is 0 Å². The van der Waals surface area contributed by atoms with Crippen molar-refractivity contribution >= 4 is 5.69 Å². The summed E-state index contributed by atoms with van der Waals surface area (Å²) in [6.07, 6.45) is 0. The van der Waals surface area contributed by atoms with Gasteiger partial charge in [-0.05, 0) is 51.5 Å². The molecule has 0 saturated carbocycles. The Morgan fingerprint density at radius 2 is 1.85 bits per heavy atom. The van der Waals surface area contributed by atoms with Crippen LogP contribution in [0.3, 0.4) is 0 Å². The molecule has 1 heterocycles. The molecule has 3 nitrogen and oxygen atoms in total. The number of aromatic nitrogens is 1. The highest BCUT2D eigenvalue weighted by atomic mass is 16.5. The quantitative estimate of drug-likeness (QED) is 0.904. The largest absolute Gasteiger partial charge is 0.496 e. The number of anilines is 1. The zero-order chi connectivity index (χ0) is 14.7. The first-order chi connectivity index (χ1) is 9.51. The molecule has 1 atom stereocenters. The molecule has 0 aliphatic carbocycles. The Bertz CT molecular complexity index is 608. The molecular weight excluding hydrogens is 248 g/mol. The van der Waals surface area contributed by atoms with E-state index in [1.165, 1.54) is 5.56 Å². The van der Waals surface area contributed by atoms with Crippen LogP contribution in [0.25, 0.3) is 0 Å². The minimum absolute atomic E-state index is 0.161. The topological polar surface area (TPSA) is 34.1 Å². The normalized spacial score (nSPS) is 12.1. The van der Waals surface area contributed by atoms with E-state index in [4.69, 9.17) is 4.74 Å². The van der Waals surface area contributed by atoms with Gasteiger partial charge in [-0.25, -0.2) is 0 Å². The minimum Gasteiger partial charge on any atom is -0.496 e. The minimum atomic E-state index is 0.161. The number of hydrogen-bond acceptors (Lipinski definition) is 3. The van der Waals surface area contributed by atoms with Gasteiger partial charge in [0, 0.05) is 11.3 Å². The van der Waals surface area contributed by atoms with E-state index in [0.717, 1.165) is 28.4 Å². The standard InChI is InChI=1S/C17H22N2O/c1-11-6-8-15(17(10-11)20-5)13(3)19-16-9-7-12(2)18-14(16)4/h6-10,13,19H,1-5H3. The molecule has 106 valence electrons. The molecule has 0 aliphatic rings. The lowest BCUT2D eigenvalue weighted by Crippen LogP contribution is -2.10. The molecule has 1 N–H and O–H groups in total. The first-order valence-corrected chi connectivity index (χ1v) is 6.86. The Morgan fingerprint density at radius 3 is 2.50 bits per heavy atom. The highest BCUT2D eigenvalue weighted by Crippen LogP contribution is 2.29. The summed E-state index contributed by atoms with van der Waals surface area (Å²) in [5.41, 5.74) is 5.46. The van der Waals surface area contributed by atoms with Crippen LogP contribution in [-0.4, -0.2) is 12.1 Å². The summed E-state index contributed by atoms with van der Waals surface area (Å²) in [6, 6.07) is 10.5. The molecule has 1 aromatic heterocycles. The monoisotopic (exact) mass is 270 g/mol. The molecular formula is C17H22N2O. The molecule has 1 unspecified atom stereocenters. The zero-order valence-corrected chi connectivity index (χ0v) is 12.8. The number of nitrogens with zero attached hydrogens (tertiary/aromatic N) is 1. The fraction of sp³-hybridized carbons (Fsp3) is 0.353. The molecule has 0 amide bonds. The predicted molar refractivity (Wildman–Crippen MR) is 83.5 cm³/mol. The Kier molecular flexibility index (Phi) is 4.28. The number of methoxy groups -OCH3 is 1. The van der Waals surface area contributed by atoms with Crippen LogP contribution in [0.4, 0.5) is 5.69 Å². The smallest absolute Gasteiger partial charge is 0.124 e. The SMILES string of the molecule is COc1cc(C)ccc1C(C)Nc1ccc(C)nc1C. The summed E-state index contributed by atoms with van der Waals surface area (Å²) in [7, 11) is 1.71. The van der Waals surface area contributed by atoms with Crippen molar-refractivity contribution in [2.75, 3.05) is 12.4 Å². The summed E-state index contributed by atoms with van der Waals surface area (Å²) in [5.74, 6) is 0.919. The first-order valence-electron chi connectivity index (χ1n) is 6.86. The van der Waals surface area contributed by atoms with Gasteiger partial charge < -0.3 is 10.1 Å². The van der Waals surface area contributed by atoms with E-state index in [9.17, 15) is 0 Å². The van der Waals surface area contributed by atoms with Crippen LogP contribution in [0.5, 0.6) is 5.75 Å². The van der Waals surface area contributed by atoms with Crippen molar-refractivity contribution in [3.63, 3.8) is 0 Å². The zero-order valence-electron chi connectivity index (χ0n) is 12.8. The summed E-state index contributed by atoms with van der Waals surface area (Å²) < 4.78 is 5.48. The van der Waals surface area contributed by atoms with Gasteiger partial charge >= 0.3 is 0 Å². The van der Waals surface area contributed by atoms with Gasteiger partial charge in [0.1, 0.15) is 5.75 Å². The Balaban J connectivity index is 2.25. The molecule has 3 heteroatoms. The van der Waals surface area contributed by atoms with Crippen LogP contribution in [0.15, 0.2) is 30.3 Å². The predicted octanol–water partition coefficient (Wildman–Crippen LogP) is 4.19. The van der Waals surface area contributed by atoms with Crippen LogP contribution >= 0.6 is 0 Å². The summed E-state index contributed by atoms with van der Waals surface area (Å²) >= 11 is 0. The Hall–Kier alpha value is -2.03. The second-order valence-electron chi connectivity index (χ2n) is 5.20. The maximum atomic E-state index is 5.48. The summed E-state index contributed by atoms with van der Waals surface area (Å²) in [5, 5.41) is 3.51. The number of hydrogen-bond donors (Lipinski definition) is 1. The van der Waals surface area contributed by atoms with Gasteiger partial charge in [0.05, 0.1) is 24.5 Å². The van der Waals surface area contributed by atoms with Crippen LogP contribution < -0.4 is 10.1 Å². The highest BCUT2D eigenvalue weighted by molar-refractivity contribution is 5.51. The van der Waals surface area contributed by atoms with Gasteiger partial charge in [-0.15, -0.1) is 0 Å². The van der Waals surface area contributed by atoms with E-state index in [2.05, 4.69) is 48.4 Å². The highest BCUT2D eigenvalue weighted by Gasteiger charge is 2.12. The third kappa shape index (κ3) is 3.10. The van der Waals surface area contributed by atoms with Crippen molar-refractivity contribution in [2.24, 2.45) is 0 Å². The van der Waals surface area contributed by atoms with E-state index in [1.807, 2.05) is 19.9 Å². The van der Waals surface area contributed by atoms with Gasteiger partial charge in [0.15, 0.2) is 0 Å². The molecule has 1 aromatic carbocycles. The van der Waals surface area contributed by atoms with Crippen molar-refractivity contribution in [2.45, 2.75) is 33.7 Å². The second-order valence-corrected chi connectivity index (χ2v) is 5.20. The second kappa shape index (κ2) is 5.95. The maximum Gasteiger partial charge on any atom is 0.124 e. The summed E-state index contributed by atoms with van der Waals surface area (Å²) in [6.45, 7) is 8.22. The van der Waals surface area contributed by atoms with E-state index >= 15 is 0 Å². The average molecular weight is 270 g/mol. The Morgan fingerprint density at radius 1 is 1.10 bits per heavy atom. The fourth-order valence-corrected chi connectivity index (χ4v) is 2.33. The Labute approximate surface area is 121 Å². The molecule has 0 spiro atoms. The maximum absolute atomic E-state index is 5.48. The van der Waals surface area contributed by atoms with Crippen molar-refractivity contribution in [3.05, 3.63) is 52.8 Å². The molecule has 2 aromatic rings. The van der Waals surface area contributed by atoms with E-state index in [1.54, 1.807) is 7.11 Å².